The molecule has 0 aliphatic rings. The number of nitrogens with two attached hydrogens (primary N) is 1. The molecule has 0 amide bonds. The molecule has 0 fully saturated rings. The number of benzene rings is 1. The minimum absolute atomic E-state index is 0.257. The Morgan fingerprint density at radius 3 is 2.76 bits per heavy atom. The second-order valence-corrected chi connectivity index (χ2v) is 3.92. The van der Waals surface area contributed by atoms with Crippen LogP contribution in [0.1, 0.15) is 18.4 Å². The van der Waals surface area contributed by atoms with Crippen LogP contribution in [0.3, 0.4) is 0 Å². The summed E-state index contributed by atoms with van der Waals surface area (Å²) in [6, 6.07) is 7.24. The van der Waals surface area contributed by atoms with Crippen molar-refractivity contribution in [3.63, 3.8) is 0 Å². The first kappa shape index (κ1) is 11.7. The molecule has 0 spiro atoms. The zero-order chi connectivity index (χ0) is 12.3. The molecule has 1 aromatic heterocycles. The second-order valence-electron chi connectivity index (χ2n) is 3.92. The summed E-state index contributed by atoms with van der Waals surface area (Å²) in [5.41, 5.74) is 8.15. The molecule has 1 heterocycles. The maximum Gasteiger partial charge on any atom is 0.125 e. The molecule has 0 atom stereocenters. The first-order valence-electron chi connectivity index (χ1n) is 5.82. The van der Waals surface area contributed by atoms with Gasteiger partial charge < -0.3 is 15.8 Å². The van der Waals surface area contributed by atoms with E-state index in [4.69, 9.17) is 5.73 Å². The molecule has 0 bridgehead atoms. The topological polar surface area (TPSA) is 74.9 Å². The number of phenolic OH excluding ortho intramolecular Hbond substituents is 1. The van der Waals surface area contributed by atoms with Crippen LogP contribution in [0, 0.1) is 0 Å². The van der Waals surface area contributed by atoms with Crippen molar-refractivity contribution < 1.29 is 5.11 Å². The van der Waals surface area contributed by atoms with Crippen molar-refractivity contribution >= 4 is 0 Å². The number of phenols is 1. The normalized spacial score (nSPS) is 10.7. The van der Waals surface area contributed by atoms with E-state index in [1.165, 1.54) is 0 Å². The zero-order valence-corrected chi connectivity index (χ0v) is 9.90. The van der Waals surface area contributed by atoms with E-state index in [1.807, 2.05) is 12.1 Å². The predicted molar refractivity (Wildman–Crippen MR) is 67.8 cm³/mol. The van der Waals surface area contributed by atoms with Gasteiger partial charge in [-0.2, -0.15) is 0 Å². The Balaban J connectivity index is 2.47. The fourth-order valence-electron chi connectivity index (χ4n) is 1.87. The average molecular weight is 231 g/mol. The fraction of sp³-hybridized carbons (Fsp3) is 0.308. The summed E-state index contributed by atoms with van der Waals surface area (Å²) >= 11 is 0. The molecule has 0 aliphatic carbocycles. The lowest BCUT2D eigenvalue weighted by Gasteiger charge is -2.02. The van der Waals surface area contributed by atoms with Gasteiger partial charge in [-0.25, -0.2) is 4.98 Å². The van der Waals surface area contributed by atoms with Gasteiger partial charge >= 0.3 is 0 Å². The summed E-state index contributed by atoms with van der Waals surface area (Å²) in [4.78, 5) is 7.76. The monoisotopic (exact) mass is 231 g/mol. The molecule has 4 heteroatoms. The third-order valence-corrected chi connectivity index (χ3v) is 2.72. The number of hydrogen-bond donors (Lipinski definition) is 3. The van der Waals surface area contributed by atoms with Crippen LogP contribution in [0.4, 0.5) is 0 Å². The van der Waals surface area contributed by atoms with Gasteiger partial charge in [0.15, 0.2) is 0 Å². The Morgan fingerprint density at radius 2 is 2.12 bits per heavy atom. The first-order chi connectivity index (χ1) is 8.26. The van der Waals surface area contributed by atoms with Crippen LogP contribution in [-0.4, -0.2) is 21.6 Å². The van der Waals surface area contributed by atoms with Crippen LogP contribution in [0.5, 0.6) is 5.75 Å². The van der Waals surface area contributed by atoms with Gasteiger partial charge in [-0.1, -0.05) is 19.1 Å². The molecule has 4 N–H and O–H groups in total. The smallest absolute Gasteiger partial charge is 0.125 e. The lowest BCUT2D eigenvalue weighted by molar-refractivity contribution is 0.477. The number of aromatic hydroxyl groups is 1. The van der Waals surface area contributed by atoms with Gasteiger partial charge in [0.2, 0.25) is 0 Å². The van der Waals surface area contributed by atoms with E-state index >= 15 is 0 Å². The van der Waals surface area contributed by atoms with Gasteiger partial charge in [0.1, 0.15) is 11.6 Å². The molecule has 90 valence electrons. The minimum Gasteiger partial charge on any atom is -0.507 e. The molecule has 0 saturated heterocycles. The van der Waals surface area contributed by atoms with Crippen molar-refractivity contribution in [3.8, 4) is 17.0 Å². The third kappa shape index (κ3) is 2.31. The van der Waals surface area contributed by atoms with Gasteiger partial charge in [-0.15, -0.1) is 0 Å². The van der Waals surface area contributed by atoms with E-state index in [1.54, 1.807) is 12.1 Å². The zero-order valence-electron chi connectivity index (χ0n) is 9.90. The van der Waals surface area contributed by atoms with Crippen molar-refractivity contribution in [1.29, 1.82) is 0 Å². The molecular weight excluding hydrogens is 214 g/mol. The first-order valence-corrected chi connectivity index (χ1v) is 5.82. The molecule has 0 radical (unpaired) electrons. The molecule has 2 rings (SSSR count). The molecule has 2 aromatic rings. The molecule has 0 unspecified atom stereocenters. The largest absolute Gasteiger partial charge is 0.507 e. The summed E-state index contributed by atoms with van der Waals surface area (Å²) < 4.78 is 0. The van der Waals surface area contributed by atoms with Crippen molar-refractivity contribution in [2.24, 2.45) is 5.73 Å². The summed E-state index contributed by atoms with van der Waals surface area (Å²) in [6.07, 6.45) is 1.57. The highest BCUT2D eigenvalue weighted by molar-refractivity contribution is 5.68. The number of nitrogens with one attached hydrogen (secondary N) is 1. The highest BCUT2D eigenvalue weighted by atomic mass is 16.3. The maximum atomic E-state index is 9.84. The van der Waals surface area contributed by atoms with E-state index in [9.17, 15) is 5.11 Å². The van der Waals surface area contributed by atoms with Crippen molar-refractivity contribution in [2.75, 3.05) is 6.54 Å². The van der Waals surface area contributed by atoms with Gasteiger partial charge in [0.25, 0.3) is 0 Å². The van der Waals surface area contributed by atoms with Crippen LogP contribution in [0.2, 0.25) is 0 Å². The SMILES string of the molecule is CCc1[nH]c(CCN)nc1-c1ccccc1O. The average Bonchev–Trinajstić information content (AvgIpc) is 2.73. The number of hydrogen-bond acceptors (Lipinski definition) is 3. The second kappa shape index (κ2) is 5.01. The molecule has 0 aliphatic heterocycles. The number of rotatable bonds is 4. The van der Waals surface area contributed by atoms with Crippen LogP contribution in [0.15, 0.2) is 24.3 Å². The van der Waals surface area contributed by atoms with Gasteiger partial charge in [0, 0.05) is 17.7 Å². The Kier molecular flexibility index (Phi) is 3.44. The van der Waals surface area contributed by atoms with Crippen LogP contribution in [0.25, 0.3) is 11.3 Å². The Bertz CT molecular complexity index is 505. The van der Waals surface area contributed by atoms with E-state index < -0.39 is 0 Å². The van der Waals surface area contributed by atoms with Crippen molar-refractivity contribution in [2.45, 2.75) is 19.8 Å². The number of aryl methyl sites for hydroxylation is 1. The molecule has 17 heavy (non-hydrogen) atoms. The standard InChI is InChI=1S/C13H17N3O/c1-2-10-13(16-12(15-10)7-8-14)9-5-3-4-6-11(9)17/h3-6,17H,2,7-8,14H2,1H3,(H,15,16). The van der Waals surface area contributed by atoms with Crippen LogP contribution in [-0.2, 0) is 12.8 Å². The number of nitrogens with zero attached hydrogens (tertiary/aromatic N) is 1. The van der Waals surface area contributed by atoms with Crippen LogP contribution < -0.4 is 5.73 Å². The lowest BCUT2D eigenvalue weighted by atomic mass is 10.1. The molecule has 0 saturated carbocycles. The van der Waals surface area contributed by atoms with Crippen LogP contribution >= 0.6 is 0 Å². The number of aromatic amines is 1. The number of para-hydroxylation sites is 1. The highest BCUT2D eigenvalue weighted by Crippen LogP contribution is 2.30. The summed E-state index contributed by atoms with van der Waals surface area (Å²) in [7, 11) is 0. The fourth-order valence-corrected chi connectivity index (χ4v) is 1.87. The van der Waals surface area contributed by atoms with E-state index in [-0.39, 0.29) is 5.75 Å². The van der Waals surface area contributed by atoms with E-state index in [2.05, 4.69) is 16.9 Å². The molecular formula is C13H17N3O. The third-order valence-electron chi connectivity index (χ3n) is 2.72. The number of aromatic nitrogens is 2. The van der Waals surface area contributed by atoms with E-state index in [0.29, 0.717) is 6.54 Å². The van der Waals surface area contributed by atoms with Gasteiger partial charge in [-0.05, 0) is 25.1 Å². The summed E-state index contributed by atoms with van der Waals surface area (Å²) in [5.74, 6) is 1.13. The summed E-state index contributed by atoms with van der Waals surface area (Å²) in [5, 5.41) is 9.84. The molecule has 1 aromatic carbocycles. The van der Waals surface area contributed by atoms with E-state index in [0.717, 1.165) is 35.6 Å². The summed E-state index contributed by atoms with van der Waals surface area (Å²) in [6.45, 7) is 2.63. The Morgan fingerprint density at radius 1 is 1.35 bits per heavy atom. The van der Waals surface area contributed by atoms with Crippen molar-refractivity contribution in [1.82, 2.24) is 9.97 Å². The molecule has 4 nitrogen and oxygen atoms in total. The Labute approximate surface area is 101 Å². The highest BCUT2D eigenvalue weighted by Gasteiger charge is 2.13. The van der Waals surface area contributed by atoms with Gasteiger partial charge in [-0.3, -0.25) is 0 Å². The Hall–Kier alpha value is -1.81. The van der Waals surface area contributed by atoms with Gasteiger partial charge in [0.05, 0.1) is 5.69 Å². The lowest BCUT2D eigenvalue weighted by Crippen LogP contribution is -2.03. The predicted octanol–water partition coefficient (Wildman–Crippen LogP) is 1.85. The quantitative estimate of drug-likeness (QED) is 0.751. The number of imidazole rings is 1. The number of H-pyrrole nitrogens is 1. The minimum atomic E-state index is 0.257. The van der Waals surface area contributed by atoms with Crippen molar-refractivity contribution in [3.05, 3.63) is 35.8 Å². The maximum absolute atomic E-state index is 9.84.